The van der Waals surface area contributed by atoms with Gasteiger partial charge in [-0.3, -0.25) is 9.80 Å². The lowest BCUT2D eigenvalue weighted by Gasteiger charge is -2.27. The Morgan fingerprint density at radius 1 is 1.70 bits per heavy atom. The molecule has 0 spiro atoms. The first-order valence-corrected chi connectivity index (χ1v) is 3.81. The van der Waals surface area contributed by atoms with E-state index in [0.29, 0.717) is 6.54 Å². The molecular weight excluding hydrogens is 128 g/mol. The van der Waals surface area contributed by atoms with E-state index in [0.717, 1.165) is 12.8 Å². The van der Waals surface area contributed by atoms with Gasteiger partial charge in [0.1, 0.15) is 0 Å². The molecule has 0 aliphatic heterocycles. The van der Waals surface area contributed by atoms with Crippen molar-refractivity contribution in [3.8, 4) is 0 Å². The van der Waals surface area contributed by atoms with Crippen LogP contribution in [0, 0.1) is 5.92 Å². The summed E-state index contributed by atoms with van der Waals surface area (Å²) in [5.41, 5.74) is 0. The van der Waals surface area contributed by atoms with Gasteiger partial charge >= 0.3 is 0 Å². The molecule has 0 heterocycles. The van der Waals surface area contributed by atoms with E-state index in [-0.39, 0.29) is 11.8 Å². The van der Waals surface area contributed by atoms with Gasteiger partial charge in [-0.25, -0.2) is 5.84 Å². The summed E-state index contributed by atoms with van der Waals surface area (Å²) in [6, 6.07) is 0. The lowest BCUT2D eigenvalue weighted by molar-refractivity contribution is -0.138. The molecule has 0 aromatic heterocycles. The second-order valence-electron chi connectivity index (χ2n) is 2.75. The third-order valence-corrected chi connectivity index (χ3v) is 2.08. The van der Waals surface area contributed by atoms with Crippen LogP contribution in [0.15, 0.2) is 0 Å². The van der Waals surface area contributed by atoms with Gasteiger partial charge in [0.25, 0.3) is 0 Å². The fourth-order valence-corrected chi connectivity index (χ4v) is 1.05. The predicted octanol–water partition coefficient (Wildman–Crippen LogP) is 0.509. The van der Waals surface area contributed by atoms with E-state index >= 15 is 0 Å². The number of amides is 1. The highest BCUT2D eigenvalue weighted by atomic mass is 16.2. The van der Waals surface area contributed by atoms with Crippen LogP contribution in [-0.2, 0) is 4.79 Å². The number of hydrogen-bond donors (Lipinski definition) is 1. The van der Waals surface area contributed by atoms with Gasteiger partial charge in [-0.2, -0.15) is 0 Å². The topological polar surface area (TPSA) is 46.3 Å². The summed E-state index contributed by atoms with van der Waals surface area (Å²) in [4.78, 5) is 11.2. The van der Waals surface area contributed by atoms with E-state index < -0.39 is 0 Å². The first-order valence-electron chi connectivity index (χ1n) is 3.81. The number of nitrogens with zero attached hydrogens (tertiary/aromatic N) is 1. The summed E-state index contributed by atoms with van der Waals surface area (Å²) in [5.74, 6) is 5.77. The Morgan fingerprint density at radius 2 is 2.30 bits per heavy atom. The Bertz CT molecular complexity index is 125. The summed E-state index contributed by atoms with van der Waals surface area (Å²) < 4.78 is 0. The van der Waals surface area contributed by atoms with Gasteiger partial charge in [-0.15, -0.1) is 0 Å². The Hall–Kier alpha value is -0.570. The third-order valence-electron chi connectivity index (χ3n) is 2.08. The monoisotopic (exact) mass is 142 g/mol. The molecule has 2 N–H and O–H groups in total. The molecule has 0 atom stereocenters. The fraction of sp³-hybridized carbons (Fsp3) is 0.857. The molecule has 1 saturated carbocycles. The summed E-state index contributed by atoms with van der Waals surface area (Å²) in [6.07, 6.45) is 3.26. The van der Waals surface area contributed by atoms with Crippen molar-refractivity contribution in [3.05, 3.63) is 0 Å². The van der Waals surface area contributed by atoms with Crippen molar-refractivity contribution in [1.82, 2.24) is 5.01 Å². The number of carbonyl (C=O) groups is 1. The average Bonchev–Trinajstić information content (AvgIpc) is 1.82. The van der Waals surface area contributed by atoms with Crippen LogP contribution in [0.25, 0.3) is 0 Å². The standard InChI is InChI=1S/C7H14N2O/c1-2-9(8)7(10)6-4-3-5-6/h6H,2-5,8H2,1H3. The van der Waals surface area contributed by atoms with Gasteiger partial charge in [0.05, 0.1) is 0 Å². The molecule has 0 radical (unpaired) electrons. The van der Waals surface area contributed by atoms with Crippen molar-refractivity contribution in [2.24, 2.45) is 11.8 Å². The zero-order valence-corrected chi connectivity index (χ0v) is 6.34. The van der Waals surface area contributed by atoms with Crippen molar-refractivity contribution in [2.45, 2.75) is 26.2 Å². The van der Waals surface area contributed by atoms with E-state index in [1.54, 1.807) is 0 Å². The fourth-order valence-electron chi connectivity index (χ4n) is 1.05. The van der Waals surface area contributed by atoms with E-state index in [4.69, 9.17) is 5.84 Å². The Labute approximate surface area is 61.2 Å². The molecule has 0 aromatic rings. The second kappa shape index (κ2) is 3.01. The average molecular weight is 142 g/mol. The molecule has 1 aliphatic carbocycles. The molecule has 58 valence electrons. The first kappa shape index (κ1) is 7.54. The van der Waals surface area contributed by atoms with Crippen LogP contribution in [0.3, 0.4) is 0 Å². The Balaban J connectivity index is 2.32. The van der Waals surface area contributed by atoms with Crippen molar-refractivity contribution in [2.75, 3.05) is 6.54 Å². The molecule has 3 heteroatoms. The van der Waals surface area contributed by atoms with Crippen LogP contribution >= 0.6 is 0 Å². The normalized spacial score (nSPS) is 18.2. The SMILES string of the molecule is CCN(N)C(=O)C1CCC1. The molecule has 3 nitrogen and oxygen atoms in total. The van der Waals surface area contributed by atoms with Crippen molar-refractivity contribution in [1.29, 1.82) is 0 Å². The highest BCUT2D eigenvalue weighted by Gasteiger charge is 2.27. The molecule has 1 amide bonds. The summed E-state index contributed by atoms with van der Waals surface area (Å²) >= 11 is 0. The summed E-state index contributed by atoms with van der Waals surface area (Å²) in [5, 5.41) is 1.31. The molecule has 0 bridgehead atoms. The maximum absolute atomic E-state index is 11.2. The van der Waals surface area contributed by atoms with Gasteiger partial charge in [-0.1, -0.05) is 6.42 Å². The molecular formula is C7H14N2O. The van der Waals surface area contributed by atoms with Crippen molar-refractivity contribution < 1.29 is 4.79 Å². The molecule has 0 saturated heterocycles. The van der Waals surface area contributed by atoms with Gasteiger partial charge < -0.3 is 0 Å². The van der Waals surface area contributed by atoms with E-state index in [2.05, 4.69) is 0 Å². The first-order chi connectivity index (χ1) is 4.75. The maximum atomic E-state index is 11.2. The lowest BCUT2D eigenvalue weighted by Crippen LogP contribution is -2.43. The summed E-state index contributed by atoms with van der Waals surface area (Å²) in [6.45, 7) is 2.51. The highest BCUT2D eigenvalue weighted by Crippen LogP contribution is 2.27. The van der Waals surface area contributed by atoms with Crippen LogP contribution < -0.4 is 5.84 Å². The Morgan fingerprint density at radius 3 is 2.60 bits per heavy atom. The van der Waals surface area contributed by atoms with E-state index in [9.17, 15) is 4.79 Å². The number of hydrazine groups is 1. The molecule has 10 heavy (non-hydrogen) atoms. The zero-order valence-electron chi connectivity index (χ0n) is 6.34. The second-order valence-corrected chi connectivity index (χ2v) is 2.75. The van der Waals surface area contributed by atoms with Gasteiger partial charge in [0.2, 0.25) is 5.91 Å². The Kier molecular flexibility index (Phi) is 2.27. The minimum absolute atomic E-state index is 0.119. The highest BCUT2D eigenvalue weighted by molar-refractivity contribution is 5.78. The smallest absolute Gasteiger partial charge is 0.239 e. The number of hydrogen-bond acceptors (Lipinski definition) is 2. The third kappa shape index (κ3) is 1.29. The van der Waals surface area contributed by atoms with Gasteiger partial charge in [-0.05, 0) is 19.8 Å². The molecule has 1 aliphatic rings. The maximum Gasteiger partial charge on any atom is 0.239 e. The van der Waals surface area contributed by atoms with Crippen LogP contribution in [0.4, 0.5) is 0 Å². The van der Waals surface area contributed by atoms with Crippen molar-refractivity contribution >= 4 is 5.91 Å². The zero-order chi connectivity index (χ0) is 7.56. The number of nitrogens with two attached hydrogens (primary N) is 1. The van der Waals surface area contributed by atoms with Crippen LogP contribution in [-0.4, -0.2) is 17.5 Å². The summed E-state index contributed by atoms with van der Waals surface area (Å²) in [7, 11) is 0. The molecule has 1 fully saturated rings. The number of carbonyl (C=O) groups excluding carboxylic acids is 1. The van der Waals surface area contributed by atoms with Crippen molar-refractivity contribution in [3.63, 3.8) is 0 Å². The largest absolute Gasteiger partial charge is 0.281 e. The van der Waals surface area contributed by atoms with Crippen LogP contribution in [0.5, 0.6) is 0 Å². The van der Waals surface area contributed by atoms with E-state index in [1.807, 2.05) is 6.92 Å². The lowest BCUT2D eigenvalue weighted by atomic mass is 9.85. The minimum atomic E-state index is 0.119. The molecule has 1 rings (SSSR count). The predicted molar refractivity (Wildman–Crippen MR) is 38.9 cm³/mol. The quantitative estimate of drug-likeness (QED) is 0.347. The van der Waals surface area contributed by atoms with Crippen LogP contribution in [0.1, 0.15) is 26.2 Å². The minimum Gasteiger partial charge on any atom is -0.281 e. The van der Waals surface area contributed by atoms with Gasteiger partial charge in [0, 0.05) is 12.5 Å². The number of rotatable bonds is 2. The molecule has 0 aromatic carbocycles. The van der Waals surface area contributed by atoms with Gasteiger partial charge in [0.15, 0.2) is 0 Å². The van der Waals surface area contributed by atoms with E-state index in [1.165, 1.54) is 11.4 Å². The molecule has 0 unspecified atom stereocenters. The van der Waals surface area contributed by atoms with Crippen LogP contribution in [0.2, 0.25) is 0 Å².